The summed E-state index contributed by atoms with van der Waals surface area (Å²) < 4.78 is 1.92. The third-order valence-corrected chi connectivity index (χ3v) is 5.28. The number of benzene rings is 2. The second kappa shape index (κ2) is 5.98. The van der Waals surface area contributed by atoms with Gasteiger partial charge in [-0.1, -0.05) is 46.6 Å². The van der Waals surface area contributed by atoms with Crippen LogP contribution in [0.1, 0.15) is 46.7 Å². The number of hydrogen-bond donors (Lipinski definition) is 0. The minimum absolute atomic E-state index is 0.0792. The number of rotatable bonds is 3. The molecule has 102 valence electrons. The van der Waals surface area contributed by atoms with E-state index in [1.807, 2.05) is 30.3 Å². The summed E-state index contributed by atoms with van der Waals surface area (Å²) in [6.45, 7) is 0. The Labute approximate surface area is 141 Å². The number of carbonyl (C=O) groups excluding carboxylic acids is 1. The zero-order valence-electron chi connectivity index (χ0n) is 10.9. The smallest absolute Gasteiger partial charge is 0.194 e. The van der Waals surface area contributed by atoms with Gasteiger partial charge in [0.25, 0.3) is 0 Å². The lowest BCUT2D eigenvalue weighted by Gasteiger charge is -2.25. The monoisotopic (exact) mass is 440 g/mol. The maximum Gasteiger partial charge on any atom is 0.194 e. The van der Waals surface area contributed by atoms with Crippen LogP contribution in [0, 0.1) is 3.57 Å². The summed E-state index contributed by atoms with van der Waals surface area (Å²) in [6, 6.07) is 14.0. The van der Waals surface area contributed by atoms with Gasteiger partial charge in [0, 0.05) is 19.2 Å². The minimum Gasteiger partial charge on any atom is -0.289 e. The Morgan fingerprint density at radius 3 is 2.40 bits per heavy atom. The molecule has 20 heavy (non-hydrogen) atoms. The first-order chi connectivity index (χ1) is 9.65. The van der Waals surface area contributed by atoms with E-state index in [1.54, 1.807) is 0 Å². The van der Waals surface area contributed by atoms with Crippen LogP contribution in [-0.4, -0.2) is 5.78 Å². The first-order valence-electron chi connectivity index (χ1n) is 6.75. The molecule has 0 saturated heterocycles. The maximum atomic E-state index is 12.6. The van der Waals surface area contributed by atoms with E-state index in [2.05, 4.69) is 50.7 Å². The second-order valence-electron chi connectivity index (χ2n) is 5.20. The van der Waals surface area contributed by atoms with Crippen LogP contribution in [0.3, 0.4) is 0 Å². The van der Waals surface area contributed by atoms with Crippen LogP contribution >= 0.6 is 38.5 Å². The molecule has 0 radical (unpaired) electrons. The minimum atomic E-state index is 0.0792. The van der Waals surface area contributed by atoms with E-state index in [0.717, 1.165) is 19.2 Å². The molecule has 1 aliphatic rings. The average Bonchev–Trinajstić information content (AvgIpc) is 2.40. The SMILES string of the molecule is O=C(c1ccc(C2CCC2)cc1)c1cc(I)ccc1Br. The van der Waals surface area contributed by atoms with Gasteiger partial charge >= 0.3 is 0 Å². The highest BCUT2D eigenvalue weighted by Crippen LogP contribution is 2.36. The normalized spacial score (nSPS) is 14.9. The highest BCUT2D eigenvalue weighted by molar-refractivity contribution is 14.1. The molecular formula is C17H14BrIO. The zero-order valence-corrected chi connectivity index (χ0v) is 14.6. The molecule has 2 aromatic carbocycles. The Balaban J connectivity index is 1.88. The molecule has 1 nitrogen and oxygen atoms in total. The van der Waals surface area contributed by atoms with Crippen LogP contribution in [0.5, 0.6) is 0 Å². The molecule has 0 heterocycles. The summed E-state index contributed by atoms with van der Waals surface area (Å²) in [5.74, 6) is 0.791. The van der Waals surface area contributed by atoms with Crippen molar-refractivity contribution in [1.29, 1.82) is 0 Å². The molecule has 1 saturated carbocycles. The van der Waals surface area contributed by atoms with Crippen LogP contribution in [0.15, 0.2) is 46.9 Å². The van der Waals surface area contributed by atoms with Crippen molar-refractivity contribution in [3.63, 3.8) is 0 Å². The van der Waals surface area contributed by atoms with E-state index < -0.39 is 0 Å². The van der Waals surface area contributed by atoms with Crippen LogP contribution in [-0.2, 0) is 0 Å². The fraction of sp³-hybridized carbons (Fsp3) is 0.235. The summed E-state index contributed by atoms with van der Waals surface area (Å²) in [6.07, 6.45) is 3.91. The lowest BCUT2D eigenvalue weighted by Crippen LogP contribution is -2.09. The van der Waals surface area contributed by atoms with Crippen molar-refractivity contribution >= 4 is 44.3 Å². The van der Waals surface area contributed by atoms with Crippen LogP contribution in [0.25, 0.3) is 0 Å². The van der Waals surface area contributed by atoms with Crippen molar-refractivity contribution in [1.82, 2.24) is 0 Å². The lowest BCUT2D eigenvalue weighted by atomic mass is 9.80. The summed E-state index contributed by atoms with van der Waals surface area (Å²) >= 11 is 5.69. The van der Waals surface area contributed by atoms with Gasteiger partial charge in [-0.05, 0) is 65.1 Å². The van der Waals surface area contributed by atoms with Gasteiger partial charge in [-0.2, -0.15) is 0 Å². The fourth-order valence-electron chi connectivity index (χ4n) is 2.48. The number of halogens is 2. The standard InChI is InChI=1S/C17H14BrIO/c18-16-9-8-14(19)10-15(16)17(20)13-6-4-12(5-7-13)11-2-1-3-11/h4-11H,1-3H2. The highest BCUT2D eigenvalue weighted by atomic mass is 127. The van der Waals surface area contributed by atoms with Crippen molar-refractivity contribution in [2.75, 3.05) is 0 Å². The molecule has 0 N–H and O–H groups in total. The molecule has 0 bridgehead atoms. The van der Waals surface area contributed by atoms with Gasteiger partial charge < -0.3 is 0 Å². The van der Waals surface area contributed by atoms with Gasteiger partial charge in [-0.25, -0.2) is 0 Å². The third-order valence-electron chi connectivity index (χ3n) is 3.92. The molecule has 0 unspecified atom stereocenters. The summed E-state index contributed by atoms with van der Waals surface area (Å²) in [7, 11) is 0. The second-order valence-corrected chi connectivity index (χ2v) is 7.30. The first-order valence-corrected chi connectivity index (χ1v) is 8.62. The van der Waals surface area contributed by atoms with Crippen molar-refractivity contribution in [2.45, 2.75) is 25.2 Å². The fourth-order valence-corrected chi connectivity index (χ4v) is 3.39. The molecule has 0 spiro atoms. The Bertz CT molecular complexity index is 645. The predicted octanol–water partition coefficient (Wildman–Crippen LogP) is 5.55. The van der Waals surface area contributed by atoms with E-state index in [1.165, 1.54) is 24.8 Å². The van der Waals surface area contributed by atoms with Gasteiger partial charge in [0.2, 0.25) is 0 Å². The third kappa shape index (κ3) is 2.84. The molecule has 1 aliphatic carbocycles. The molecule has 0 amide bonds. The molecule has 0 atom stereocenters. The molecule has 3 rings (SSSR count). The molecular weight excluding hydrogens is 427 g/mol. The predicted molar refractivity (Wildman–Crippen MR) is 93.3 cm³/mol. The Morgan fingerprint density at radius 1 is 1.10 bits per heavy atom. The Hall–Kier alpha value is -0.680. The Morgan fingerprint density at radius 2 is 1.80 bits per heavy atom. The van der Waals surface area contributed by atoms with Crippen LogP contribution in [0.4, 0.5) is 0 Å². The van der Waals surface area contributed by atoms with E-state index in [0.29, 0.717) is 5.92 Å². The van der Waals surface area contributed by atoms with E-state index >= 15 is 0 Å². The summed E-state index contributed by atoms with van der Waals surface area (Å²) in [5.41, 5.74) is 2.86. The highest BCUT2D eigenvalue weighted by Gasteiger charge is 2.20. The van der Waals surface area contributed by atoms with E-state index in [9.17, 15) is 4.79 Å². The number of carbonyl (C=O) groups is 1. The first kappa shape index (κ1) is 14.3. The summed E-state index contributed by atoms with van der Waals surface area (Å²) in [4.78, 5) is 12.6. The lowest BCUT2D eigenvalue weighted by molar-refractivity contribution is 0.103. The number of ketones is 1. The van der Waals surface area contributed by atoms with Crippen molar-refractivity contribution in [3.05, 3.63) is 67.2 Å². The Kier molecular flexibility index (Phi) is 4.26. The van der Waals surface area contributed by atoms with Gasteiger partial charge in [0.1, 0.15) is 0 Å². The van der Waals surface area contributed by atoms with Crippen molar-refractivity contribution in [3.8, 4) is 0 Å². The van der Waals surface area contributed by atoms with Gasteiger partial charge in [0.15, 0.2) is 5.78 Å². The van der Waals surface area contributed by atoms with Crippen molar-refractivity contribution in [2.24, 2.45) is 0 Å². The molecule has 1 fully saturated rings. The van der Waals surface area contributed by atoms with E-state index in [-0.39, 0.29) is 5.78 Å². The average molecular weight is 441 g/mol. The maximum absolute atomic E-state index is 12.6. The number of hydrogen-bond acceptors (Lipinski definition) is 1. The van der Waals surface area contributed by atoms with Gasteiger partial charge in [-0.3, -0.25) is 4.79 Å². The summed E-state index contributed by atoms with van der Waals surface area (Å²) in [5, 5.41) is 0. The quantitative estimate of drug-likeness (QED) is 0.451. The molecule has 0 aromatic heterocycles. The van der Waals surface area contributed by atoms with Gasteiger partial charge in [0.05, 0.1) is 0 Å². The van der Waals surface area contributed by atoms with E-state index in [4.69, 9.17) is 0 Å². The molecule has 0 aliphatic heterocycles. The van der Waals surface area contributed by atoms with Crippen LogP contribution in [0.2, 0.25) is 0 Å². The van der Waals surface area contributed by atoms with Gasteiger partial charge in [-0.15, -0.1) is 0 Å². The van der Waals surface area contributed by atoms with Crippen LogP contribution < -0.4 is 0 Å². The zero-order chi connectivity index (χ0) is 14.1. The molecule has 2 aromatic rings. The topological polar surface area (TPSA) is 17.1 Å². The van der Waals surface area contributed by atoms with Crippen molar-refractivity contribution < 1.29 is 4.79 Å². The largest absolute Gasteiger partial charge is 0.289 e. The molecule has 3 heteroatoms.